The van der Waals surface area contributed by atoms with Crippen LogP contribution in [0.1, 0.15) is 0 Å². The lowest BCUT2D eigenvalue weighted by atomic mass is 10.0. The van der Waals surface area contributed by atoms with Crippen molar-refractivity contribution in [3.05, 3.63) is 53.8 Å². The number of benzene rings is 2. The van der Waals surface area contributed by atoms with Gasteiger partial charge < -0.3 is 0 Å². The van der Waals surface area contributed by atoms with Crippen molar-refractivity contribution in [2.45, 2.75) is 0 Å². The summed E-state index contributed by atoms with van der Waals surface area (Å²) in [6.07, 6.45) is 1.18. The Morgan fingerprint density at radius 3 is 2.33 bits per heavy atom. The van der Waals surface area contributed by atoms with Crippen LogP contribution in [0.25, 0.3) is 11.1 Å². The fourth-order valence-corrected chi connectivity index (χ4v) is 2.16. The van der Waals surface area contributed by atoms with Crippen LogP contribution in [-0.2, 0) is 4.79 Å². The summed E-state index contributed by atoms with van der Waals surface area (Å²) in [5.74, 6) is -4.20. The lowest BCUT2D eigenvalue weighted by Gasteiger charge is -2.17. The van der Waals surface area contributed by atoms with E-state index in [4.69, 9.17) is 0 Å². The number of hydrazone groups is 1. The normalized spacial score (nSPS) is 14.0. The van der Waals surface area contributed by atoms with Gasteiger partial charge in [0.25, 0.3) is 0 Å². The quantitative estimate of drug-likeness (QED) is 0.796. The summed E-state index contributed by atoms with van der Waals surface area (Å²) in [5.41, 5.74) is 1.16. The summed E-state index contributed by atoms with van der Waals surface area (Å²) in [7, 11) is 0. The molecule has 1 aliphatic rings. The number of halogens is 3. The number of carbonyl (C=O) groups is 1. The molecule has 0 amide bonds. The average Bonchev–Trinajstić information content (AvgIpc) is 2.91. The lowest BCUT2D eigenvalue weighted by Crippen LogP contribution is -2.17. The van der Waals surface area contributed by atoms with Crippen LogP contribution in [0.2, 0.25) is 0 Å². The van der Waals surface area contributed by atoms with E-state index in [9.17, 15) is 18.0 Å². The first kappa shape index (κ1) is 13.4. The summed E-state index contributed by atoms with van der Waals surface area (Å²) < 4.78 is 39.8. The molecule has 6 heteroatoms. The van der Waals surface area contributed by atoms with Crippen LogP contribution < -0.4 is 5.01 Å². The maximum atomic E-state index is 13.4. The molecule has 0 unspecified atom stereocenters. The average molecular weight is 290 g/mol. The van der Waals surface area contributed by atoms with E-state index in [1.165, 1.54) is 11.2 Å². The van der Waals surface area contributed by atoms with E-state index in [1.807, 2.05) is 0 Å². The lowest BCUT2D eigenvalue weighted by molar-refractivity contribution is -0.110. The van der Waals surface area contributed by atoms with Crippen LogP contribution >= 0.6 is 0 Å². The van der Waals surface area contributed by atoms with Crippen molar-refractivity contribution >= 4 is 17.7 Å². The maximum absolute atomic E-state index is 13.4. The Hall–Kier alpha value is -2.63. The summed E-state index contributed by atoms with van der Waals surface area (Å²) in [6.45, 7) is 0.0587. The molecule has 0 radical (unpaired) electrons. The molecule has 1 aliphatic heterocycles. The van der Waals surface area contributed by atoms with Crippen LogP contribution in [0, 0.1) is 17.5 Å². The van der Waals surface area contributed by atoms with Gasteiger partial charge in [-0.15, -0.1) is 0 Å². The molecule has 0 spiro atoms. The summed E-state index contributed by atoms with van der Waals surface area (Å²) in [5, 5.41) is 5.36. The Kier molecular flexibility index (Phi) is 3.21. The second-order valence-electron chi connectivity index (χ2n) is 4.54. The van der Waals surface area contributed by atoms with Gasteiger partial charge in [0.1, 0.15) is 6.54 Å². The van der Waals surface area contributed by atoms with Crippen LogP contribution in [0.5, 0.6) is 0 Å². The molecule has 106 valence electrons. The predicted molar refractivity (Wildman–Crippen MR) is 72.6 cm³/mol. The molecule has 0 atom stereocenters. The molecule has 3 rings (SSSR count). The van der Waals surface area contributed by atoms with Crippen LogP contribution in [0.3, 0.4) is 0 Å². The third-order valence-electron chi connectivity index (χ3n) is 3.12. The molecule has 0 N–H and O–H groups in total. The summed E-state index contributed by atoms with van der Waals surface area (Å²) in [4.78, 5) is 11.3. The van der Waals surface area contributed by atoms with Crippen molar-refractivity contribution < 1.29 is 18.0 Å². The molecule has 2 aromatic carbocycles. The minimum Gasteiger partial charge on any atom is -0.291 e. The van der Waals surface area contributed by atoms with Gasteiger partial charge in [-0.3, -0.25) is 9.80 Å². The zero-order valence-electron chi connectivity index (χ0n) is 10.7. The van der Waals surface area contributed by atoms with E-state index >= 15 is 0 Å². The van der Waals surface area contributed by atoms with Gasteiger partial charge in [-0.05, 0) is 23.8 Å². The smallest absolute Gasteiger partial charge is 0.197 e. The molecule has 2 aromatic rings. The van der Waals surface area contributed by atoms with E-state index in [1.54, 1.807) is 24.3 Å². The van der Waals surface area contributed by atoms with E-state index < -0.39 is 17.5 Å². The Labute approximate surface area is 118 Å². The number of rotatable bonds is 2. The molecular weight excluding hydrogens is 281 g/mol. The van der Waals surface area contributed by atoms with E-state index in [-0.39, 0.29) is 17.9 Å². The molecule has 21 heavy (non-hydrogen) atoms. The molecule has 0 bridgehead atoms. The molecule has 1 heterocycles. The molecular formula is C15H9F3N2O. The van der Waals surface area contributed by atoms with E-state index in [2.05, 4.69) is 5.10 Å². The van der Waals surface area contributed by atoms with Crippen LogP contribution in [-0.4, -0.2) is 18.5 Å². The number of ketones is 1. The predicted octanol–water partition coefficient (Wildman–Crippen LogP) is 3.15. The Morgan fingerprint density at radius 2 is 1.71 bits per heavy atom. The molecule has 0 aromatic heterocycles. The number of hydrogen-bond acceptors (Lipinski definition) is 3. The third-order valence-corrected chi connectivity index (χ3v) is 3.12. The van der Waals surface area contributed by atoms with Gasteiger partial charge >= 0.3 is 0 Å². The van der Waals surface area contributed by atoms with Gasteiger partial charge in [-0.25, -0.2) is 13.2 Å². The highest BCUT2D eigenvalue weighted by atomic mass is 19.2. The van der Waals surface area contributed by atoms with Crippen molar-refractivity contribution in [3.8, 4) is 11.1 Å². The number of hydrogen-bond donors (Lipinski definition) is 0. The zero-order chi connectivity index (χ0) is 15.0. The maximum Gasteiger partial charge on any atom is 0.197 e. The number of anilines is 1. The number of para-hydroxylation sites is 1. The standard InChI is InChI=1S/C15H9F3N2O/c16-12-5-9(6-13(17)15(12)18)11-3-1-2-4-14(11)20-8-10(21)7-19-20/h1-7H,8H2. The highest BCUT2D eigenvalue weighted by molar-refractivity contribution is 6.31. The monoisotopic (exact) mass is 290 g/mol. The Morgan fingerprint density at radius 1 is 1.05 bits per heavy atom. The third kappa shape index (κ3) is 2.40. The number of Topliss-reactive ketones (excluding diaryl/α,β-unsaturated/α-hetero) is 1. The van der Waals surface area contributed by atoms with Crippen molar-refractivity contribution in [1.82, 2.24) is 0 Å². The highest BCUT2D eigenvalue weighted by Crippen LogP contribution is 2.33. The molecule has 0 saturated heterocycles. The van der Waals surface area contributed by atoms with Gasteiger partial charge in [0, 0.05) is 5.56 Å². The molecule has 0 saturated carbocycles. The van der Waals surface area contributed by atoms with Gasteiger partial charge in [0.05, 0.1) is 11.9 Å². The Balaban J connectivity index is 2.11. The first-order chi connectivity index (χ1) is 10.1. The van der Waals surface area contributed by atoms with Gasteiger partial charge in [-0.2, -0.15) is 5.10 Å². The van der Waals surface area contributed by atoms with Crippen molar-refractivity contribution in [2.24, 2.45) is 5.10 Å². The second-order valence-corrected chi connectivity index (χ2v) is 4.54. The van der Waals surface area contributed by atoms with Gasteiger partial charge in [-0.1, -0.05) is 18.2 Å². The number of nitrogens with zero attached hydrogens (tertiary/aromatic N) is 2. The van der Waals surface area contributed by atoms with Crippen molar-refractivity contribution in [3.63, 3.8) is 0 Å². The number of carbonyl (C=O) groups excluding carboxylic acids is 1. The summed E-state index contributed by atoms with van der Waals surface area (Å²) >= 11 is 0. The Bertz CT molecular complexity index is 735. The minimum absolute atomic E-state index is 0.0587. The first-order valence-electron chi connectivity index (χ1n) is 6.14. The highest BCUT2D eigenvalue weighted by Gasteiger charge is 2.20. The van der Waals surface area contributed by atoms with E-state index in [0.717, 1.165) is 12.1 Å². The van der Waals surface area contributed by atoms with Crippen LogP contribution in [0.4, 0.5) is 18.9 Å². The zero-order valence-corrected chi connectivity index (χ0v) is 10.7. The molecule has 3 nitrogen and oxygen atoms in total. The fraction of sp³-hybridized carbons (Fsp3) is 0.0667. The fourth-order valence-electron chi connectivity index (χ4n) is 2.16. The van der Waals surface area contributed by atoms with Crippen LogP contribution in [0.15, 0.2) is 41.5 Å². The SMILES string of the molecule is O=C1C=NN(c2ccccc2-c2cc(F)c(F)c(F)c2)C1. The second kappa shape index (κ2) is 5.05. The van der Waals surface area contributed by atoms with Crippen molar-refractivity contribution in [1.29, 1.82) is 0 Å². The first-order valence-corrected chi connectivity index (χ1v) is 6.14. The molecule has 0 aliphatic carbocycles. The summed E-state index contributed by atoms with van der Waals surface area (Å²) in [6, 6.07) is 8.52. The van der Waals surface area contributed by atoms with Gasteiger partial charge in [0.2, 0.25) is 0 Å². The minimum atomic E-state index is -1.51. The van der Waals surface area contributed by atoms with E-state index in [0.29, 0.717) is 11.3 Å². The van der Waals surface area contributed by atoms with Gasteiger partial charge in [0.15, 0.2) is 23.2 Å². The largest absolute Gasteiger partial charge is 0.291 e. The topological polar surface area (TPSA) is 32.7 Å². The van der Waals surface area contributed by atoms with Crippen molar-refractivity contribution in [2.75, 3.05) is 11.6 Å². The molecule has 0 fully saturated rings.